The summed E-state index contributed by atoms with van der Waals surface area (Å²) in [5.41, 5.74) is 3.26. The number of ether oxygens (including phenoxy) is 2. The molecule has 0 saturated heterocycles. The highest BCUT2D eigenvalue weighted by Gasteiger charge is 2.23. The second-order valence-electron chi connectivity index (χ2n) is 6.30. The molecule has 2 heterocycles. The molecule has 5 heteroatoms. The molecule has 0 radical (unpaired) electrons. The maximum atomic E-state index is 12.4. The number of benzene rings is 1. The molecule has 25 heavy (non-hydrogen) atoms. The molecule has 0 aliphatic carbocycles. The van der Waals surface area contributed by atoms with Crippen molar-refractivity contribution in [1.82, 2.24) is 4.90 Å². The molecule has 0 saturated carbocycles. The van der Waals surface area contributed by atoms with E-state index in [0.29, 0.717) is 13.1 Å². The number of methoxy groups -OCH3 is 1. The van der Waals surface area contributed by atoms with Crippen molar-refractivity contribution in [2.24, 2.45) is 0 Å². The van der Waals surface area contributed by atoms with E-state index in [4.69, 9.17) is 9.47 Å². The van der Waals surface area contributed by atoms with Crippen LogP contribution in [0.4, 0.5) is 0 Å². The van der Waals surface area contributed by atoms with Gasteiger partial charge in [0.05, 0.1) is 13.7 Å². The van der Waals surface area contributed by atoms with E-state index in [1.807, 2.05) is 17.5 Å². The minimum Gasteiger partial charge on any atom is -0.496 e. The first-order valence-electron chi connectivity index (χ1n) is 8.32. The van der Waals surface area contributed by atoms with E-state index in [-0.39, 0.29) is 12.0 Å². The first-order valence-corrected chi connectivity index (χ1v) is 9.20. The number of amides is 1. The van der Waals surface area contributed by atoms with Gasteiger partial charge in [0.25, 0.3) is 0 Å². The normalized spacial score (nSPS) is 15.4. The van der Waals surface area contributed by atoms with Gasteiger partial charge in [0, 0.05) is 29.0 Å². The predicted molar refractivity (Wildman–Crippen MR) is 100 cm³/mol. The Morgan fingerprint density at radius 3 is 2.84 bits per heavy atom. The van der Waals surface area contributed by atoms with Crippen LogP contribution in [-0.2, 0) is 24.3 Å². The summed E-state index contributed by atoms with van der Waals surface area (Å²) in [6.07, 6.45) is 2.42. The Morgan fingerprint density at radius 2 is 2.20 bits per heavy atom. The maximum absolute atomic E-state index is 12.4. The van der Waals surface area contributed by atoms with Gasteiger partial charge in [0.1, 0.15) is 17.6 Å². The fourth-order valence-corrected chi connectivity index (χ4v) is 3.84. The lowest BCUT2D eigenvalue weighted by atomic mass is 10.1. The molecule has 1 aromatic carbocycles. The van der Waals surface area contributed by atoms with Gasteiger partial charge in [-0.1, -0.05) is 6.58 Å². The summed E-state index contributed by atoms with van der Waals surface area (Å²) in [4.78, 5) is 15.4. The van der Waals surface area contributed by atoms with Crippen molar-refractivity contribution in [2.45, 2.75) is 39.5 Å². The molecule has 2 aromatic rings. The summed E-state index contributed by atoms with van der Waals surface area (Å²) in [6, 6.07) is 6.09. The van der Waals surface area contributed by atoms with Crippen molar-refractivity contribution in [3.8, 4) is 11.5 Å². The van der Waals surface area contributed by atoms with Crippen LogP contribution < -0.4 is 9.47 Å². The zero-order valence-corrected chi connectivity index (χ0v) is 15.7. The topological polar surface area (TPSA) is 38.8 Å². The largest absolute Gasteiger partial charge is 0.496 e. The average molecular weight is 357 g/mol. The highest BCUT2D eigenvalue weighted by molar-refractivity contribution is 7.10. The lowest BCUT2D eigenvalue weighted by molar-refractivity contribution is -0.127. The highest BCUT2D eigenvalue weighted by Crippen LogP contribution is 2.35. The van der Waals surface area contributed by atoms with Gasteiger partial charge in [-0.15, -0.1) is 11.3 Å². The molecule has 1 atom stereocenters. The van der Waals surface area contributed by atoms with Gasteiger partial charge in [0.2, 0.25) is 5.91 Å². The third kappa shape index (κ3) is 3.71. The molecule has 0 N–H and O–H groups in total. The number of fused-ring (bicyclic) bond motifs is 1. The first-order chi connectivity index (χ1) is 12.0. The average Bonchev–Trinajstić information content (AvgIpc) is 3.16. The lowest BCUT2D eigenvalue weighted by Gasteiger charge is -2.23. The van der Waals surface area contributed by atoms with Gasteiger partial charge < -0.3 is 14.4 Å². The minimum absolute atomic E-state index is 0.0950. The fourth-order valence-electron chi connectivity index (χ4n) is 3.12. The fraction of sp³-hybridized carbons (Fsp3) is 0.350. The molecule has 0 bridgehead atoms. The third-order valence-electron chi connectivity index (χ3n) is 4.47. The van der Waals surface area contributed by atoms with Crippen molar-refractivity contribution in [3.05, 3.63) is 57.8 Å². The van der Waals surface area contributed by atoms with Crippen LogP contribution in [0.5, 0.6) is 11.5 Å². The van der Waals surface area contributed by atoms with Crippen molar-refractivity contribution >= 4 is 17.2 Å². The Balaban J connectivity index is 1.89. The summed E-state index contributed by atoms with van der Waals surface area (Å²) < 4.78 is 11.4. The van der Waals surface area contributed by atoms with E-state index in [9.17, 15) is 4.79 Å². The van der Waals surface area contributed by atoms with E-state index in [0.717, 1.165) is 34.6 Å². The van der Waals surface area contributed by atoms with Crippen molar-refractivity contribution in [2.75, 3.05) is 7.11 Å². The van der Waals surface area contributed by atoms with Crippen LogP contribution >= 0.6 is 11.3 Å². The van der Waals surface area contributed by atoms with Crippen molar-refractivity contribution in [1.29, 1.82) is 0 Å². The molecule has 1 unspecified atom stereocenters. The number of carbonyl (C=O) groups excluding carboxylic acids is 1. The quantitative estimate of drug-likeness (QED) is 0.731. The van der Waals surface area contributed by atoms with Crippen LogP contribution in [0.1, 0.15) is 28.5 Å². The second kappa shape index (κ2) is 7.31. The summed E-state index contributed by atoms with van der Waals surface area (Å²) in [5.74, 6) is 1.59. The molecule has 1 amide bonds. The zero-order valence-electron chi connectivity index (χ0n) is 14.9. The molecule has 132 valence electrons. The molecule has 3 rings (SSSR count). The summed E-state index contributed by atoms with van der Waals surface area (Å²) in [6.45, 7) is 8.77. The predicted octanol–water partition coefficient (Wildman–Crippen LogP) is 4.10. The smallest absolute Gasteiger partial charge is 0.246 e. The van der Waals surface area contributed by atoms with Crippen LogP contribution in [-0.4, -0.2) is 24.0 Å². The number of aryl methyl sites for hydroxylation is 1. The highest BCUT2D eigenvalue weighted by atomic mass is 32.1. The number of rotatable bonds is 6. The van der Waals surface area contributed by atoms with Gasteiger partial charge in [0.15, 0.2) is 0 Å². The van der Waals surface area contributed by atoms with Gasteiger partial charge in [-0.05, 0) is 49.1 Å². The second-order valence-corrected chi connectivity index (χ2v) is 7.43. The van der Waals surface area contributed by atoms with Gasteiger partial charge in [-0.3, -0.25) is 4.79 Å². The van der Waals surface area contributed by atoms with E-state index in [2.05, 4.69) is 26.5 Å². The Kier molecular flexibility index (Phi) is 5.13. The summed E-state index contributed by atoms with van der Waals surface area (Å²) in [5, 5.41) is 2.05. The Hall–Kier alpha value is -2.27. The maximum Gasteiger partial charge on any atom is 0.246 e. The molecule has 4 nitrogen and oxygen atoms in total. The van der Waals surface area contributed by atoms with E-state index < -0.39 is 0 Å². The third-order valence-corrected chi connectivity index (χ3v) is 5.36. The van der Waals surface area contributed by atoms with Crippen molar-refractivity contribution < 1.29 is 14.3 Å². The van der Waals surface area contributed by atoms with Crippen LogP contribution in [0.25, 0.3) is 0 Å². The number of thiophene rings is 1. The van der Waals surface area contributed by atoms with Crippen molar-refractivity contribution in [3.63, 3.8) is 0 Å². The summed E-state index contributed by atoms with van der Waals surface area (Å²) in [7, 11) is 1.66. The van der Waals surface area contributed by atoms with E-state index in [1.165, 1.54) is 11.0 Å². The van der Waals surface area contributed by atoms with Gasteiger partial charge >= 0.3 is 0 Å². The van der Waals surface area contributed by atoms with Gasteiger partial charge in [-0.2, -0.15) is 0 Å². The monoisotopic (exact) mass is 357 g/mol. The Bertz CT molecular complexity index is 796. The van der Waals surface area contributed by atoms with Crippen LogP contribution in [0.3, 0.4) is 0 Å². The number of hydrogen-bond acceptors (Lipinski definition) is 4. The molecule has 0 spiro atoms. The molecular formula is C20H23NO3S. The zero-order chi connectivity index (χ0) is 18.0. The molecule has 0 fully saturated rings. The first kappa shape index (κ1) is 17.5. The van der Waals surface area contributed by atoms with Gasteiger partial charge in [-0.25, -0.2) is 0 Å². The van der Waals surface area contributed by atoms with Crippen LogP contribution in [0.15, 0.2) is 36.2 Å². The van der Waals surface area contributed by atoms with Crippen LogP contribution in [0.2, 0.25) is 0 Å². The molecule has 1 aliphatic rings. The Morgan fingerprint density at radius 1 is 1.44 bits per heavy atom. The SMILES string of the molecule is C=CC(=O)N(Cc1cc2c(cc1OC)CC(C)O2)Cc1ccsc1C. The Labute approximate surface area is 152 Å². The number of carbonyl (C=O) groups is 1. The van der Waals surface area contributed by atoms with E-state index in [1.54, 1.807) is 23.3 Å². The van der Waals surface area contributed by atoms with Crippen LogP contribution in [0, 0.1) is 6.92 Å². The minimum atomic E-state index is -0.0950. The molecule has 1 aromatic heterocycles. The van der Waals surface area contributed by atoms with E-state index >= 15 is 0 Å². The number of hydrogen-bond donors (Lipinski definition) is 0. The molecule has 1 aliphatic heterocycles. The summed E-state index contributed by atoms with van der Waals surface area (Å²) >= 11 is 1.69. The standard InChI is InChI=1S/C20H23NO3S/c1-5-20(22)21(11-15-6-7-25-14(15)3)12-17-10-19-16(8-13(2)24-19)9-18(17)23-4/h5-7,9-10,13H,1,8,11-12H2,2-4H3. The lowest BCUT2D eigenvalue weighted by Crippen LogP contribution is -2.28. The molecular weight excluding hydrogens is 334 g/mol. The number of nitrogens with zero attached hydrogens (tertiary/aromatic N) is 1.